The highest BCUT2D eigenvalue weighted by atomic mass is 16.2. The number of likely N-dealkylation sites (tertiary alicyclic amines) is 1. The monoisotopic (exact) mass is 306 g/mol. The first-order chi connectivity index (χ1) is 10.6. The maximum absolute atomic E-state index is 12.4. The fourth-order valence-corrected chi connectivity index (χ4v) is 3.26. The molecule has 8 heteroatoms. The van der Waals surface area contributed by atoms with Gasteiger partial charge in [0.25, 0.3) is 0 Å². The molecule has 2 atom stereocenters. The van der Waals surface area contributed by atoms with Crippen molar-refractivity contribution in [3.05, 3.63) is 12.2 Å². The van der Waals surface area contributed by atoms with Gasteiger partial charge in [0.15, 0.2) is 0 Å². The van der Waals surface area contributed by atoms with E-state index in [0.717, 1.165) is 38.1 Å². The highest BCUT2D eigenvalue weighted by Crippen LogP contribution is 2.17. The summed E-state index contributed by atoms with van der Waals surface area (Å²) in [5.74, 6) is 0.542. The molecule has 3 N–H and O–H groups in total. The summed E-state index contributed by atoms with van der Waals surface area (Å²) >= 11 is 0. The van der Waals surface area contributed by atoms with Crippen molar-refractivity contribution < 1.29 is 9.59 Å². The van der Waals surface area contributed by atoms with Crippen molar-refractivity contribution in [1.82, 2.24) is 25.0 Å². The molecule has 120 valence electrons. The van der Waals surface area contributed by atoms with Crippen LogP contribution in [0.2, 0.25) is 0 Å². The van der Waals surface area contributed by atoms with Crippen molar-refractivity contribution in [3.8, 4) is 0 Å². The first kappa shape index (κ1) is 15.0. The Kier molecular flexibility index (Phi) is 4.37. The zero-order valence-electron chi connectivity index (χ0n) is 12.6. The summed E-state index contributed by atoms with van der Waals surface area (Å²) < 4.78 is 1.87. The second-order valence-electron chi connectivity index (χ2n) is 5.98. The third-order valence-corrected chi connectivity index (χ3v) is 4.50. The third kappa shape index (κ3) is 3.11. The standard InChI is InChI=1S/C14H22N6O2/c15-14(22)11-3-1-2-6-19(11)13(21)7-16-10-4-5-12-17-9-18-20(12)8-10/h9-11,16H,1-8H2,(H2,15,22). The predicted molar refractivity (Wildman–Crippen MR) is 78.7 cm³/mol. The number of carbonyl (C=O) groups is 2. The number of nitrogens with zero attached hydrogens (tertiary/aromatic N) is 4. The molecule has 2 aliphatic rings. The molecule has 2 aliphatic heterocycles. The van der Waals surface area contributed by atoms with Gasteiger partial charge >= 0.3 is 0 Å². The SMILES string of the molecule is NC(=O)C1CCCCN1C(=O)CNC1CCc2ncnn2C1. The lowest BCUT2D eigenvalue weighted by molar-refractivity contribution is -0.140. The number of nitrogens with one attached hydrogen (secondary N) is 1. The van der Waals surface area contributed by atoms with Crippen LogP contribution < -0.4 is 11.1 Å². The Hall–Kier alpha value is -1.96. The summed E-state index contributed by atoms with van der Waals surface area (Å²) in [7, 11) is 0. The molecule has 0 radical (unpaired) electrons. The van der Waals surface area contributed by atoms with Crippen LogP contribution in [0, 0.1) is 0 Å². The van der Waals surface area contributed by atoms with E-state index in [1.807, 2.05) is 4.68 Å². The topological polar surface area (TPSA) is 106 Å². The molecule has 22 heavy (non-hydrogen) atoms. The quantitative estimate of drug-likeness (QED) is 0.746. The molecule has 1 aromatic rings. The van der Waals surface area contributed by atoms with Gasteiger partial charge in [-0.25, -0.2) is 9.67 Å². The Balaban J connectivity index is 1.53. The number of rotatable bonds is 4. The number of primary amides is 1. The molecule has 1 saturated heterocycles. The van der Waals surface area contributed by atoms with Crippen LogP contribution in [0.1, 0.15) is 31.5 Å². The van der Waals surface area contributed by atoms with Crippen molar-refractivity contribution in [2.45, 2.75) is 50.7 Å². The molecule has 0 aromatic carbocycles. The maximum atomic E-state index is 12.4. The highest BCUT2D eigenvalue weighted by molar-refractivity contribution is 5.87. The third-order valence-electron chi connectivity index (χ3n) is 4.50. The minimum atomic E-state index is -0.448. The number of piperidine rings is 1. The minimum absolute atomic E-state index is 0.0483. The molecule has 1 fully saturated rings. The van der Waals surface area contributed by atoms with Crippen LogP contribution in [0.3, 0.4) is 0 Å². The number of hydrogen-bond acceptors (Lipinski definition) is 5. The summed E-state index contributed by atoms with van der Waals surface area (Å²) in [5.41, 5.74) is 5.40. The summed E-state index contributed by atoms with van der Waals surface area (Å²) in [6.45, 7) is 1.58. The average molecular weight is 306 g/mol. The van der Waals surface area contributed by atoms with Crippen molar-refractivity contribution in [1.29, 1.82) is 0 Å². The van der Waals surface area contributed by atoms with Crippen LogP contribution in [0.5, 0.6) is 0 Å². The van der Waals surface area contributed by atoms with Crippen LogP contribution in [0.25, 0.3) is 0 Å². The Morgan fingerprint density at radius 3 is 3.05 bits per heavy atom. The Labute approximate surface area is 129 Å². The lowest BCUT2D eigenvalue weighted by Gasteiger charge is -2.34. The second-order valence-corrected chi connectivity index (χ2v) is 5.98. The van der Waals surface area contributed by atoms with E-state index in [9.17, 15) is 9.59 Å². The molecule has 0 aliphatic carbocycles. The lowest BCUT2D eigenvalue weighted by atomic mass is 10.0. The summed E-state index contributed by atoms with van der Waals surface area (Å²) in [4.78, 5) is 29.7. The molecular formula is C14H22N6O2. The first-order valence-electron chi connectivity index (χ1n) is 7.84. The Bertz CT molecular complexity index is 557. The van der Waals surface area contributed by atoms with Crippen molar-refractivity contribution in [3.63, 3.8) is 0 Å². The molecule has 2 unspecified atom stereocenters. The largest absolute Gasteiger partial charge is 0.368 e. The number of aryl methyl sites for hydroxylation is 1. The van der Waals surface area contributed by atoms with Gasteiger partial charge in [-0.05, 0) is 25.7 Å². The van der Waals surface area contributed by atoms with Gasteiger partial charge in [0, 0.05) is 19.0 Å². The zero-order valence-corrected chi connectivity index (χ0v) is 12.6. The van der Waals surface area contributed by atoms with Crippen LogP contribution in [-0.4, -0.2) is 56.7 Å². The smallest absolute Gasteiger partial charge is 0.240 e. The number of nitrogens with two attached hydrogens (primary N) is 1. The van der Waals surface area contributed by atoms with E-state index < -0.39 is 11.9 Å². The molecule has 3 rings (SSSR count). The fraction of sp³-hybridized carbons (Fsp3) is 0.714. The highest BCUT2D eigenvalue weighted by Gasteiger charge is 2.30. The molecular weight excluding hydrogens is 284 g/mol. The normalized spacial score (nSPS) is 24.8. The van der Waals surface area contributed by atoms with Crippen LogP contribution in [-0.2, 0) is 22.6 Å². The van der Waals surface area contributed by atoms with Gasteiger partial charge in [0.1, 0.15) is 18.2 Å². The summed E-state index contributed by atoms with van der Waals surface area (Å²) in [6, 6.07) is -0.244. The van der Waals surface area contributed by atoms with Crippen molar-refractivity contribution in [2.75, 3.05) is 13.1 Å². The van der Waals surface area contributed by atoms with E-state index in [0.29, 0.717) is 13.0 Å². The van der Waals surface area contributed by atoms with Gasteiger partial charge in [-0.3, -0.25) is 9.59 Å². The van der Waals surface area contributed by atoms with E-state index in [-0.39, 0.29) is 18.5 Å². The van der Waals surface area contributed by atoms with Gasteiger partial charge in [-0.2, -0.15) is 5.10 Å². The summed E-state index contributed by atoms with van der Waals surface area (Å²) in [6.07, 6.45) is 5.91. The van der Waals surface area contributed by atoms with E-state index in [4.69, 9.17) is 5.73 Å². The molecule has 0 bridgehead atoms. The molecule has 3 heterocycles. The number of amides is 2. The second kappa shape index (κ2) is 6.43. The Morgan fingerprint density at radius 1 is 1.36 bits per heavy atom. The van der Waals surface area contributed by atoms with Gasteiger partial charge < -0.3 is 16.0 Å². The lowest BCUT2D eigenvalue weighted by Crippen LogP contribution is -2.53. The van der Waals surface area contributed by atoms with Crippen molar-refractivity contribution >= 4 is 11.8 Å². The van der Waals surface area contributed by atoms with Gasteiger partial charge in [-0.15, -0.1) is 0 Å². The number of hydrogen-bond donors (Lipinski definition) is 2. The van der Waals surface area contributed by atoms with E-state index in [1.165, 1.54) is 0 Å². The number of aromatic nitrogens is 3. The molecule has 0 spiro atoms. The Morgan fingerprint density at radius 2 is 2.23 bits per heavy atom. The molecule has 0 saturated carbocycles. The average Bonchev–Trinajstić information content (AvgIpc) is 3.00. The summed E-state index contributed by atoms with van der Waals surface area (Å²) in [5, 5.41) is 7.45. The molecule has 2 amide bonds. The van der Waals surface area contributed by atoms with Crippen molar-refractivity contribution in [2.24, 2.45) is 5.73 Å². The molecule has 1 aromatic heterocycles. The van der Waals surface area contributed by atoms with Crippen LogP contribution >= 0.6 is 0 Å². The van der Waals surface area contributed by atoms with Gasteiger partial charge in [-0.1, -0.05) is 0 Å². The van der Waals surface area contributed by atoms with E-state index in [2.05, 4.69) is 15.4 Å². The van der Waals surface area contributed by atoms with E-state index in [1.54, 1.807) is 11.2 Å². The van der Waals surface area contributed by atoms with E-state index >= 15 is 0 Å². The predicted octanol–water partition coefficient (Wildman–Crippen LogP) is -0.951. The maximum Gasteiger partial charge on any atom is 0.240 e. The van der Waals surface area contributed by atoms with Gasteiger partial charge in [0.05, 0.1) is 13.1 Å². The van der Waals surface area contributed by atoms with Crippen LogP contribution in [0.4, 0.5) is 0 Å². The number of carbonyl (C=O) groups excluding carboxylic acids is 2. The first-order valence-corrected chi connectivity index (χ1v) is 7.84. The van der Waals surface area contributed by atoms with Gasteiger partial charge in [0.2, 0.25) is 11.8 Å². The fourth-order valence-electron chi connectivity index (χ4n) is 3.26. The molecule has 8 nitrogen and oxygen atoms in total. The zero-order chi connectivity index (χ0) is 15.5. The number of fused-ring (bicyclic) bond motifs is 1. The minimum Gasteiger partial charge on any atom is -0.368 e. The van der Waals surface area contributed by atoms with Crippen LogP contribution in [0.15, 0.2) is 6.33 Å².